The van der Waals surface area contributed by atoms with Gasteiger partial charge in [0.2, 0.25) is 0 Å². The van der Waals surface area contributed by atoms with Crippen molar-refractivity contribution in [1.29, 1.82) is 0 Å². The Balaban J connectivity index is 1.45. The number of rotatable bonds is 5. The maximum absolute atomic E-state index is 13.8. The molecule has 1 saturated heterocycles. The maximum Gasteiger partial charge on any atom is 0.253 e. The summed E-state index contributed by atoms with van der Waals surface area (Å²) in [5.74, 6) is -0.342. The number of halogens is 2. The average molecular weight is 400 g/mol. The van der Waals surface area contributed by atoms with Crippen molar-refractivity contribution in [2.45, 2.75) is 6.54 Å². The minimum Gasteiger partial charge on any atom is -0.376 e. The molecule has 3 aromatic rings. The summed E-state index contributed by atoms with van der Waals surface area (Å²) in [6, 6.07) is 14.0. The summed E-state index contributed by atoms with van der Waals surface area (Å²) in [7, 11) is 0. The molecule has 1 fully saturated rings. The highest BCUT2D eigenvalue weighted by Crippen LogP contribution is 2.25. The van der Waals surface area contributed by atoms with Gasteiger partial charge >= 0.3 is 0 Å². The van der Waals surface area contributed by atoms with Crippen LogP contribution in [0.2, 0.25) is 5.02 Å². The number of nitrogens with one attached hydrogen (secondary N) is 1. The Morgan fingerprint density at radius 3 is 2.36 bits per heavy atom. The van der Waals surface area contributed by atoms with Crippen molar-refractivity contribution < 1.29 is 4.39 Å². The Hall–Kier alpha value is -2.86. The van der Waals surface area contributed by atoms with Gasteiger partial charge in [0.05, 0.1) is 0 Å². The van der Waals surface area contributed by atoms with Crippen molar-refractivity contribution in [1.82, 2.24) is 0 Å². The molecule has 0 bridgehead atoms. The first-order valence-electron chi connectivity index (χ1n) is 9.10. The van der Waals surface area contributed by atoms with Crippen molar-refractivity contribution >= 4 is 28.7 Å². The molecule has 144 valence electrons. The van der Waals surface area contributed by atoms with Crippen LogP contribution in [0.25, 0.3) is 0 Å². The van der Waals surface area contributed by atoms with Gasteiger partial charge in [-0.25, -0.2) is 4.39 Å². The minimum atomic E-state index is -0.538. The van der Waals surface area contributed by atoms with Crippen LogP contribution in [0.3, 0.4) is 0 Å². The lowest BCUT2D eigenvalue weighted by Gasteiger charge is -2.38. The Morgan fingerprint density at radius 1 is 0.929 bits per heavy atom. The highest BCUT2D eigenvalue weighted by atomic mass is 35.5. The van der Waals surface area contributed by atoms with Crippen molar-refractivity contribution in [2.24, 2.45) is 0 Å². The van der Waals surface area contributed by atoms with Gasteiger partial charge in [0.15, 0.2) is 0 Å². The van der Waals surface area contributed by atoms with E-state index in [1.54, 1.807) is 18.2 Å². The molecular formula is C21H19ClFN3O2. The van der Waals surface area contributed by atoms with E-state index >= 15 is 0 Å². The molecule has 0 radical (unpaired) electrons. The molecule has 0 amide bonds. The first-order chi connectivity index (χ1) is 13.5. The second-order valence-corrected chi connectivity index (χ2v) is 7.22. The number of hydrogen-bond donors (Lipinski definition) is 1. The number of nitrogens with zero attached hydrogens (tertiary/aromatic N) is 2. The third-order valence-electron chi connectivity index (χ3n) is 5.07. The zero-order valence-corrected chi connectivity index (χ0v) is 15.9. The fourth-order valence-corrected chi connectivity index (χ4v) is 3.72. The fraction of sp³-hybridized carbons (Fsp3) is 0.238. The molecule has 28 heavy (non-hydrogen) atoms. The molecule has 0 spiro atoms. The van der Waals surface area contributed by atoms with E-state index in [9.17, 15) is 14.0 Å². The first-order valence-corrected chi connectivity index (χ1v) is 9.48. The third kappa shape index (κ3) is 3.47. The Morgan fingerprint density at radius 2 is 1.64 bits per heavy atom. The summed E-state index contributed by atoms with van der Waals surface area (Å²) in [4.78, 5) is 28.3. The van der Waals surface area contributed by atoms with Gasteiger partial charge in [0.25, 0.3) is 10.9 Å². The Kier molecular flexibility index (Phi) is 5.05. The van der Waals surface area contributed by atoms with Gasteiger partial charge in [0, 0.05) is 49.0 Å². The second-order valence-electron chi connectivity index (χ2n) is 6.78. The summed E-state index contributed by atoms with van der Waals surface area (Å²) in [5.41, 5.74) is 1.16. The van der Waals surface area contributed by atoms with Crippen molar-refractivity contribution in [3.8, 4) is 0 Å². The SMILES string of the molecule is O=c1c(NCc2ccccc2F)c(N2CCN(c3cccc(Cl)c3)CC2)c1=O. The van der Waals surface area contributed by atoms with Crippen LogP contribution in [-0.2, 0) is 6.54 Å². The van der Waals surface area contributed by atoms with Crippen molar-refractivity contribution in [3.05, 3.63) is 85.4 Å². The first kappa shape index (κ1) is 18.5. The van der Waals surface area contributed by atoms with Gasteiger partial charge in [-0.05, 0) is 24.3 Å². The van der Waals surface area contributed by atoms with Crippen LogP contribution in [0.15, 0.2) is 58.1 Å². The summed E-state index contributed by atoms with van der Waals surface area (Å²) in [6.45, 7) is 2.82. The highest BCUT2D eigenvalue weighted by Gasteiger charge is 2.28. The summed E-state index contributed by atoms with van der Waals surface area (Å²) in [5, 5.41) is 3.63. The number of benzene rings is 2. The fourth-order valence-electron chi connectivity index (χ4n) is 3.53. The van der Waals surface area contributed by atoms with Crippen LogP contribution in [0.5, 0.6) is 0 Å². The lowest BCUT2D eigenvalue weighted by Crippen LogP contribution is -2.51. The number of hydrogen-bond acceptors (Lipinski definition) is 5. The zero-order valence-electron chi connectivity index (χ0n) is 15.1. The van der Waals surface area contributed by atoms with Crippen LogP contribution in [0, 0.1) is 5.82 Å². The number of piperazine rings is 1. The monoisotopic (exact) mass is 399 g/mol. The lowest BCUT2D eigenvalue weighted by molar-refractivity contribution is 0.612. The van der Waals surface area contributed by atoms with E-state index in [0.717, 1.165) is 5.69 Å². The van der Waals surface area contributed by atoms with Crippen LogP contribution in [0.1, 0.15) is 5.56 Å². The van der Waals surface area contributed by atoms with Crippen molar-refractivity contribution in [3.63, 3.8) is 0 Å². The Bertz CT molecular complexity index is 1070. The number of anilines is 3. The van der Waals surface area contributed by atoms with Gasteiger partial charge in [-0.3, -0.25) is 9.59 Å². The highest BCUT2D eigenvalue weighted by molar-refractivity contribution is 6.30. The topological polar surface area (TPSA) is 52.7 Å². The van der Waals surface area contributed by atoms with Gasteiger partial charge < -0.3 is 15.1 Å². The molecule has 0 atom stereocenters. The van der Waals surface area contributed by atoms with Crippen LogP contribution < -0.4 is 26.0 Å². The quantitative estimate of drug-likeness (QED) is 0.668. The molecule has 1 aliphatic heterocycles. The molecule has 0 saturated carbocycles. The molecule has 1 N–H and O–H groups in total. The van der Waals surface area contributed by atoms with Gasteiger partial charge in [0.1, 0.15) is 17.2 Å². The largest absolute Gasteiger partial charge is 0.376 e. The normalized spacial score (nSPS) is 14.5. The third-order valence-corrected chi connectivity index (χ3v) is 5.30. The van der Waals surface area contributed by atoms with Gasteiger partial charge in [-0.1, -0.05) is 35.9 Å². The molecule has 0 aliphatic carbocycles. The van der Waals surface area contributed by atoms with Gasteiger partial charge in [-0.2, -0.15) is 0 Å². The molecule has 1 aliphatic rings. The van der Waals surface area contributed by atoms with E-state index in [1.807, 2.05) is 29.2 Å². The van der Waals surface area contributed by atoms with E-state index < -0.39 is 10.9 Å². The predicted octanol–water partition coefficient (Wildman–Crippen LogP) is 3.01. The van der Waals surface area contributed by atoms with E-state index in [4.69, 9.17) is 11.6 Å². The molecule has 4 rings (SSSR count). The lowest BCUT2D eigenvalue weighted by atomic mass is 10.1. The second kappa shape index (κ2) is 7.64. The summed E-state index contributed by atoms with van der Waals surface area (Å²) < 4.78 is 13.8. The van der Waals surface area contributed by atoms with Crippen molar-refractivity contribution in [2.75, 3.05) is 41.3 Å². The summed E-state index contributed by atoms with van der Waals surface area (Å²) in [6.07, 6.45) is 0. The van der Waals surface area contributed by atoms with Crippen LogP contribution >= 0.6 is 11.6 Å². The molecule has 1 heterocycles. The molecule has 5 nitrogen and oxygen atoms in total. The zero-order chi connectivity index (χ0) is 19.7. The van der Waals surface area contributed by atoms with Gasteiger partial charge in [-0.15, -0.1) is 0 Å². The van der Waals surface area contributed by atoms with E-state index in [2.05, 4.69) is 10.2 Å². The van der Waals surface area contributed by atoms with E-state index in [-0.39, 0.29) is 18.0 Å². The van der Waals surface area contributed by atoms with Crippen LogP contribution in [0.4, 0.5) is 21.5 Å². The molecule has 7 heteroatoms. The smallest absolute Gasteiger partial charge is 0.253 e. The average Bonchev–Trinajstić information content (AvgIpc) is 2.72. The molecule has 3 aromatic carbocycles. The van der Waals surface area contributed by atoms with E-state index in [1.165, 1.54) is 6.07 Å². The standard InChI is InChI=1S/C21H19ClFN3O2/c22-15-5-3-6-16(12-15)25-8-10-26(11-9-25)19-18(20(27)21(19)28)24-13-14-4-1-2-7-17(14)23/h1-7,12,24H,8-11,13H2. The summed E-state index contributed by atoms with van der Waals surface area (Å²) >= 11 is 6.06. The molecular weight excluding hydrogens is 381 g/mol. The maximum atomic E-state index is 13.8. The van der Waals surface area contributed by atoms with E-state index in [0.29, 0.717) is 42.5 Å². The Labute approximate surface area is 166 Å². The van der Waals surface area contributed by atoms with Crippen LogP contribution in [-0.4, -0.2) is 26.2 Å². The minimum absolute atomic E-state index is 0.160. The molecule has 0 unspecified atom stereocenters. The predicted molar refractivity (Wildman–Crippen MR) is 111 cm³/mol. The molecule has 0 aromatic heterocycles.